The number of para-hydroxylation sites is 3. The van der Waals surface area contributed by atoms with E-state index in [0.29, 0.717) is 0 Å². The van der Waals surface area contributed by atoms with Gasteiger partial charge in [0.1, 0.15) is 6.33 Å². The summed E-state index contributed by atoms with van der Waals surface area (Å²) in [5.41, 5.74) is 5.19. The molecule has 7 heteroatoms. The second kappa shape index (κ2) is 6.01. The van der Waals surface area contributed by atoms with Crippen LogP contribution in [0.4, 0.5) is 5.69 Å². The SMILES string of the molecule is O=C(C[C@H]1Sc2ccccc2NC1=O)Nn1cnc2ccccc21. The molecular formula is C17H14N4O2S. The van der Waals surface area contributed by atoms with Crippen molar-refractivity contribution in [2.75, 3.05) is 10.7 Å². The molecule has 6 nitrogen and oxygen atoms in total. The molecule has 1 aliphatic rings. The van der Waals surface area contributed by atoms with Crippen LogP contribution in [-0.4, -0.2) is 26.7 Å². The standard InChI is InChI=1S/C17H14N4O2S/c22-16(20-21-10-18-11-5-1-3-7-13(11)21)9-15-17(23)19-12-6-2-4-8-14(12)24-15/h1-8,10,15H,9H2,(H,19,23)(H,20,22)/t15-/m1/s1. The molecule has 0 saturated carbocycles. The van der Waals surface area contributed by atoms with Gasteiger partial charge in [-0.25, -0.2) is 9.66 Å². The van der Waals surface area contributed by atoms with E-state index in [1.807, 2.05) is 48.5 Å². The molecule has 120 valence electrons. The number of anilines is 1. The summed E-state index contributed by atoms with van der Waals surface area (Å²) in [6.07, 6.45) is 1.66. The fraction of sp³-hybridized carbons (Fsp3) is 0.118. The van der Waals surface area contributed by atoms with E-state index in [1.165, 1.54) is 11.8 Å². The van der Waals surface area contributed by atoms with E-state index in [1.54, 1.807) is 11.0 Å². The van der Waals surface area contributed by atoms with Gasteiger partial charge in [-0.05, 0) is 24.3 Å². The third-order valence-corrected chi connectivity index (χ3v) is 5.05. The predicted molar refractivity (Wildman–Crippen MR) is 93.4 cm³/mol. The van der Waals surface area contributed by atoms with Crippen LogP contribution in [0.5, 0.6) is 0 Å². The highest BCUT2D eigenvalue weighted by molar-refractivity contribution is 8.01. The molecule has 2 N–H and O–H groups in total. The Labute approximate surface area is 142 Å². The minimum Gasteiger partial charge on any atom is -0.324 e. The van der Waals surface area contributed by atoms with Gasteiger partial charge in [-0.2, -0.15) is 0 Å². The lowest BCUT2D eigenvalue weighted by molar-refractivity contribution is -0.121. The number of amides is 2. The maximum Gasteiger partial charge on any atom is 0.240 e. The lowest BCUT2D eigenvalue weighted by Crippen LogP contribution is -2.34. The van der Waals surface area contributed by atoms with Gasteiger partial charge in [0.2, 0.25) is 11.8 Å². The van der Waals surface area contributed by atoms with Crippen LogP contribution >= 0.6 is 11.8 Å². The molecule has 1 aliphatic heterocycles. The van der Waals surface area contributed by atoms with Gasteiger partial charge in [-0.1, -0.05) is 24.3 Å². The number of nitrogens with zero attached hydrogens (tertiary/aromatic N) is 2. The molecule has 24 heavy (non-hydrogen) atoms. The summed E-state index contributed by atoms with van der Waals surface area (Å²) in [7, 11) is 0. The quantitative estimate of drug-likeness (QED) is 0.770. The lowest BCUT2D eigenvalue weighted by Gasteiger charge is -2.23. The molecule has 0 spiro atoms. The summed E-state index contributed by atoms with van der Waals surface area (Å²) >= 11 is 1.41. The Bertz CT molecular complexity index is 937. The molecule has 2 amide bonds. The molecule has 0 unspecified atom stereocenters. The average molecular weight is 338 g/mol. The lowest BCUT2D eigenvalue weighted by atomic mass is 10.2. The third-order valence-electron chi connectivity index (χ3n) is 3.78. The third kappa shape index (κ3) is 2.74. The molecule has 1 aromatic heterocycles. The van der Waals surface area contributed by atoms with E-state index in [-0.39, 0.29) is 18.2 Å². The van der Waals surface area contributed by atoms with Gasteiger partial charge >= 0.3 is 0 Å². The zero-order valence-corrected chi connectivity index (χ0v) is 13.4. The minimum absolute atomic E-state index is 0.0946. The van der Waals surface area contributed by atoms with Crippen LogP contribution in [0.15, 0.2) is 59.8 Å². The van der Waals surface area contributed by atoms with Crippen LogP contribution in [0.2, 0.25) is 0 Å². The Morgan fingerprint density at radius 2 is 2.00 bits per heavy atom. The number of benzene rings is 2. The van der Waals surface area contributed by atoms with Crippen molar-refractivity contribution in [3.8, 4) is 0 Å². The van der Waals surface area contributed by atoms with Crippen molar-refractivity contribution in [2.45, 2.75) is 16.6 Å². The number of imidazole rings is 1. The molecule has 0 saturated heterocycles. The number of hydrogen-bond acceptors (Lipinski definition) is 4. The van der Waals surface area contributed by atoms with E-state index in [0.717, 1.165) is 21.6 Å². The van der Waals surface area contributed by atoms with E-state index >= 15 is 0 Å². The van der Waals surface area contributed by atoms with Crippen molar-refractivity contribution in [2.24, 2.45) is 0 Å². The molecule has 0 fully saturated rings. The van der Waals surface area contributed by atoms with Gasteiger partial charge in [-0.15, -0.1) is 11.8 Å². The highest BCUT2D eigenvalue weighted by Crippen LogP contribution is 2.36. The fourth-order valence-corrected chi connectivity index (χ4v) is 3.73. The molecule has 0 bridgehead atoms. The first-order valence-electron chi connectivity index (χ1n) is 7.49. The van der Waals surface area contributed by atoms with E-state index < -0.39 is 5.25 Å². The Morgan fingerprint density at radius 3 is 2.92 bits per heavy atom. The first-order chi connectivity index (χ1) is 11.7. The van der Waals surface area contributed by atoms with Crippen LogP contribution in [0.25, 0.3) is 11.0 Å². The molecule has 1 atom stereocenters. The van der Waals surface area contributed by atoms with Crippen molar-refractivity contribution in [3.05, 3.63) is 54.9 Å². The number of hydrogen-bond donors (Lipinski definition) is 2. The first kappa shape index (κ1) is 14.8. The van der Waals surface area contributed by atoms with Crippen LogP contribution in [-0.2, 0) is 9.59 Å². The maximum atomic E-state index is 12.3. The maximum absolute atomic E-state index is 12.3. The average Bonchev–Trinajstić information content (AvgIpc) is 2.99. The van der Waals surface area contributed by atoms with Crippen LogP contribution in [0.1, 0.15) is 6.42 Å². The van der Waals surface area contributed by atoms with Gasteiger partial charge in [0.15, 0.2) is 0 Å². The molecular weight excluding hydrogens is 324 g/mol. The summed E-state index contributed by atoms with van der Waals surface area (Å²) in [4.78, 5) is 29.7. The summed E-state index contributed by atoms with van der Waals surface area (Å²) in [5.74, 6) is -0.380. The summed E-state index contributed by atoms with van der Waals surface area (Å²) < 4.78 is 1.58. The van der Waals surface area contributed by atoms with E-state index in [4.69, 9.17) is 0 Å². The Balaban J connectivity index is 1.47. The molecule has 2 aromatic carbocycles. The number of aromatic nitrogens is 2. The number of carbonyl (C=O) groups is 2. The van der Waals surface area contributed by atoms with Crippen LogP contribution < -0.4 is 10.7 Å². The number of nitrogens with one attached hydrogen (secondary N) is 2. The second-order valence-electron chi connectivity index (χ2n) is 5.43. The summed E-state index contributed by atoms with van der Waals surface area (Å²) in [6.45, 7) is 0. The van der Waals surface area contributed by atoms with Gasteiger partial charge in [0, 0.05) is 11.3 Å². The Morgan fingerprint density at radius 1 is 1.21 bits per heavy atom. The van der Waals surface area contributed by atoms with E-state index in [2.05, 4.69) is 15.7 Å². The zero-order valence-electron chi connectivity index (χ0n) is 12.6. The van der Waals surface area contributed by atoms with Crippen molar-refractivity contribution in [3.63, 3.8) is 0 Å². The zero-order chi connectivity index (χ0) is 16.5. The van der Waals surface area contributed by atoms with Crippen molar-refractivity contribution in [1.82, 2.24) is 9.66 Å². The normalized spacial score (nSPS) is 16.5. The van der Waals surface area contributed by atoms with Crippen molar-refractivity contribution in [1.29, 1.82) is 0 Å². The summed E-state index contributed by atoms with van der Waals surface area (Å²) in [6, 6.07) is 15.1. The Kier molecular flexibility index (Phi) is 3.70. The van der Waals surface area contributed by atoms with Crippen LogP contribution in [0.3, 0.4) is 0 Å². The number of thioether (sulfide) groups is 1. The molecule has 0 aliphatic carbocycles. The van der Waals surface area contributed by atoms with Gasteiger partial charge < -0.3 is 5.32 Å². The summed E-state index contributed by atoms with van der Waals surface area (Å²) in [5, 5.41) is 2.40. The predicted octanol–water partition coefficient (Wildman–Crippen LogP) is 2.61. The van der Waals surface area contributed by atoms with Gasteiger partial charge in [-0.3, -0.25) is 15.0 Å². The smallest absolute Gasteiger partial charge is 0.240 e. The number of rotatable bonds is 3. The molecule has 4 rings (SSSR count). The molecule has 2 heterocycles. The number of carbonyl (C=O) groups excluding carboxylic acids is 2. The first-order valence-corrected chi connectivity index (χ1v) is 8.37. The Hall–Kier alpha value is -2.80. The molecule has 3 aromatic rings. The van der Waals surface area contributed by atoms with Gasteiger partial charge in [0.05, 0.1) is 22.0 Å². The topological polar surface area (TPSA) is 76.0 Å². The largest absolute Gasteiger partial charge is 0.324 e. The van der Waals surface area contributed by atoms with Crippen LogP contribution in [0, 0.1) is 0 Å². The number of fused-ring (bicyclic) bond motifs is 2. The van der Waals surface area contributed by atoms with Crippen molar-refractivity contribution >= 4 is 40.3 Å². The fourth-order valence-electron chi connectivity index (χ4n) is 2.62. The molecule has 0 radical (unpaired) electrons. The highest BCUT2D eigenvalue weighted by Gasteiger charge is 2.28. The van der Waals surface area contributed by atoms with Crippen molar-refractivity contribution < 1.29 is 9.59 Å². The minimum atomic E-state index is -0.449. The van der Waals surface area contributed by atoms with Gasteiger partial charge in [0.25, 0.3) is 0 Å². The monoisotopic (exact) mass is 338 g/mol. The van der Waals surface area contributed by atoms with E-state index in [9.17, 15) is 9.59 Å². The second-order valence-corrected chi connectivity index (χ2v) is 6.68. The highest BCUT2D eigenvalue weighted by atomic mass is 32.2.